The normalized spacial score (nSPS) is 21.1. The molecule has 0 aliphatic carbocycles. The zero-order valence-electron chi connectivity index (χ0n) is 9.17. The van der Waals surface area contributed by atoms with Gasteiger partial charge in [0.1, 0.15) is 5.15 Å². The van der Waals surface area contributed by atoms with E-state index >= 15 is 0 Å². The van der Waals surface area contributed by atoms with Crippen molar-refractivity contribution in [3.05, 3.63) is 16.9 Å². The minimum Gasteiger partial charge on any atom is -0.314 e. The first-order valence-electron chi connectivity index (χ1n) is 5.75. The summed E-state index contributed by atoms with van der Waals surface area (Å²) in [6.45, 7) is 4.19. The molecule has 0 radical (unpaired) electrons. The van der Waals surface area contributed by atoms with Crippen LogP contribution in [0.1, 0.15) is 31.7 Å². The molecule has 15 heavy (non-hydrogen) atoms. The van der Waals surface area contributed by atoms with E-state index in [4.69, 9.17) is 11.6 Å². The molecular weight excluding hydrogens is 210 g/mol. The molecule has 0 saturated carbocycles. The minimum absolute atomic E-state index is 0.662. The fraction of sp³-hybridized carbons (Fsp3) is 0.727. The maximum Gasteiger partial charge on any atom is 0.130 e. The lowest BCUT2D eigenvalue weighted by atomic mass is 10.1. The maximum atomic E-state index is 6.19. The molecule has 2 heterocycles. The Bertz CT molecular complexity index is 316. The lowest BCUT2D eigenvalue weighted by Crippen LogP contribution is -2.23. The van der Waals surface area contributed by atoms with Crippen molar-refractivity contribution in [3.8, 4) is 0 Å². The van der Waals surface area contributed by atoms with Gasteiger partial charge in [-0.05, 0) is 32.2 Å². The van der Waals surface area contributed by atoms with Gasteiger partial charge in [-0.3, -0.25) is 4.68 Å². The molecule has 1 atom stereocenters. The Kier molecular flexibility index (Phi) is 3.65. The van der Waals surface area contributed by atoms with Crippen LogP contribution in [0.15, 0.2) is 6.20 Å². The smallest absolute Gasteiger partial charge is 0.130 e. The van der Waals surface area contributed by atoms with Crippen LogP contribution in [0, 0.1) is 0 Å². The van der Waals surface area contributed by atoms with Crippen LogP contribution in [0.2, 0.25) is 5.15 Å². The standard InChI is InChI=1S/C11H18ClN3/c1-2-9-8-14-15(11(9)12)7-5-10-4-3-6-13-10/h8,10,13H,2-7H2,1H3. The maximum absolute atomic E-state index is 6.19. The number of halogens is 1. The zero-order chi connectivity index (χ0) is 10.7. The van der Waals surface area contributed by atoms with E-state index in [2.05, 4.69) is 17.3 Å². The summed E-state index contributed by atoms with van der Waals surface area (Å²) in [4.78, 5) is 0. The first-order chi connectivity index (χ1) is 7.31. The summed E-state index contributed by atoms with van der Waals surface area (Å²) in [7, 11) is 0. The average molecular weight is 228 g/mol. The van der Waals surface area contributed by atoms with Crippen molar-refractivity contribution < 1.29 is 0 Å². The van der Waals surface area contributed by atoms with Crippen LogP contribution in [-0.2, 0) is 13.0 Å². The van der Waals surface area contributed by atoms with Crippen molar-refractivity contribution >= 4 is 11.6 Å². The van der Waals surface area contributed by atoms with Gasteiger partial charge in [0.15, 0.2) is 0 Å². The van der Waals surface area contributed by atoms with Gasteiger partial charge in [0.2, 0.25) is 0 Å². The number of nitrogens with one attached hydrogen (secondary N) is 1. The van der Waals surface area contributed by atoms with E-state index < -0.39 is 0 Å². The predicted octanol–water partition coefficient (Wildman–Crippen LogP) is 2.24. The third kappa shape index (κ3) is 2.52. The van der Waals surface area contributed by atoms with E-state index in [0.717, 1.165) is 36.6 Å². The molecule has 1 unspecified atom stereocenters. The molecule has 1 aliphatic heterocycles. The highest BCUT2D eigenvalue weighted by Gasteiger charge is 2.14. The fourth-order valence-electron chi connectivity index (χ4n) is 2.08. The summed E-state index contributed by atoms with van der Waals surface area (Å²) >= 11 is 6.19. The Morgan fingerprint density at radius 3 is 3.13 bits per heavy atom. The summed E-state index contributed by atoms with van der Waals surface area (Å²) in [6.07, 6.45) is 6.56. The molecule has 4 heteroatoms. The third-order valence-electron chi connectivity index (χ3n) is 3.08. The van der Waals surface area contributed by atoms with Crippen LogP contribution in [0.4, 0.5) is 0 Å². The highest BCUT2D eigenvalue weighted by Crippen LogP contribution is 2.17. The van der Waals surface area contributed by atoms with Crippen molar-refractivity contribution in [2.75, 3.05) is 6.54 Å². The van der Waals surface area contributed by atoms with Gasteiger partial charge in [0.25, 0.3) is 0 Å². The average Bonchev–Trinajstić information content (AvgIpc) is 2.85. The second kappa shape index (κ2) is 4.99. The summed E-state index contributed by atoms with van der Waals surface area (Å²) in [5.41, 5.74) is 1.15. The summed E-state index contributed by atoms with van der Waals surface area (Å²) in [5.74, 6) is 0. The Hall–Kier alpha value is -0.540. The Balaban J connectivity index is 1.89. The molecule has 1 saturated heterocycles. The second-order valence-electron chi connectivity index (χ2n) is 4.12. The van der Waals surface area contributed by atoms with Gasteiger partial charge in [0.05, 0.1) is 6.20 Å². The van der Waals surface area contributed by atoms with Gasteiger partial charge >= 0.3 is 0 Å². The molecular formula is C11H18ClN3. The molecule has 84 valence electrons. The highest BCUT2D eigenvalue weighted by molar-refractivity contribution is 6.30. The molecule has 1 aromatic rings. The third-order valence-corrected chi connectivity index (χ3v) is 3.52. The Labute approximate surface area is 95.8 Å². The number of aromatic nitrogens is 2. The monoisotopic (exact) mass is 227 g/mol. The van der Waals surface area contributed by atoms with E-state index in [1.165, 1.54) is 12.8 Å². The van der Waals surface area contributed by atoms with Crippen LogP contribution < -0.4 is 5.32 Å². The largest absolute Gasteiger partial charge is 0.314 e. The fourth-order valence-corrected chi connectivity index (χ4v) is 2.39. The lowest BCUT2D eigenvalue weighted by molar-refractivity contribution is 0.481. The molecule has 0 aromatic carbocycles. The summed E-state index contributed by atoms with van der Waals surface area (Å²) in [5, 5.41) is 8.60. The van der Waals surface area contributed by atoms with Crippen molar-refractivity contribution in [3.63, 3.8) is 0 Å². The first kappa shape index (κ1) is 11.0. The van der Waals surface area contributed by atoms with Crippen molar-refractivity contribution in [1.29, 1.82) is 0 Å². The van der Waals surface area contributed by atoms with Crippen LogP contribution in [0.3, 0.4) is 0 Å². The zero-order valence-corrected chi connectivity index (χ0v) is 9.93. The van der Waals surface area contributed by atoms with Gasteiger partial charge in [-0.25, -0.2) is 0 Å². The molecule has 3 nitrogen and oxygen atoms in total. The molecule has 2 rings (SSSR count). The Morgan fingerprint density at radius 1 is 1.67 bits per heavy atom. The summed E-state index contributed by atoms with van der Waals surface area (Å²) < 4.78 is 1.92. The predicted molar refractivity (Wildman–Crippen MR) is 62.3 cm³/mol. The molecule has 1 fully saturated rings. The van der Waals surface area contributed by atoms with Gasteiger partial charge in [0, 0.05) is 18.2 Å². The van der Waals surface area contributed by atoms with Crippen LogP contribution >= 0.6 is 11.6 Å². The van der Waals surface area contributed by atoms with E-state index in [1.807, 2.05) is 10.9 Å². The van der Waals surface area contributed by atoms with E-state index in [9.17, 15) is 0 Å². The molecule has 0 bridgehead atoms. The van der Waals surface area contributed by atoms with E-state index in [0.29, 0.717) is 6.04 Å². The number of rotatable bonds is 4. The van der Waals surface area contributed by atoms with Crippen LogP contribution in [0.25, 0.3) is 0 Å². The van der Waals surface area contributed by atoms with Crippen molar-refractivity contribution in [2.45, 2.75) is 45.2 Å². The quantitative estimate of drug-likeness (QED) is 0.855. The number of nitrogens with zero attached hydrogens (tertiary/aromatic N) is 2. The SMILES string of the molecule is CCc1cnn(CCC2CCCN2)c1Cl. The van der Waals surface area contributed by atoms with Crippen molar-refractivity contribution in [1.82, 2.24) is 15.1 Å². The van der Waals surface area contributed by atoms with Gasteiger partial charge in [-0.2, -0.15) is 5.10 Å². The minimum atomic E-state index is 0.662. The van der Waals surface area contributed by atoms with E-state index in [1.54, 1.807) is 0 Å². The van der Waals surface area contributed by atoms with Gasteiger partial charge < -0.3 is 5.32 Å². The highest BCUT2D eigenvalue weighted by atomic mass is 35.5. The van der Waals surface area contributed by atoms with Crippen LogP contribution in [-0.4, -0.2) is 22.4 Å². The topological polar surface area (TPSA) is 29.9 Å². The van der Waals surface area contributed by atoms with Gasteiger partial charge in [-0.15, -0.1) is 0 Å². The number of aryl methyl sites for hydroxylation is 2. The Morgan fingerprint density at radius 2 is 2.53 bits per heavy atom. The van der Waals surface area contributed by atoms with Crippen LogP contribution in [0.5, 0.6) is 0 Å². The molecule has 1 N–H and O–H groups in total. The molecule has 1 aliphatic rings. The molecule has 0 spiro atoms. The number of hydrogen-bond donors (Lipinski definition) is 1. The lowest BCUT2D eigenvalue weighted by Gasteiger charge is -2.10. The molecule has 1 aromatic heterocycles. The number of hydrogen-bond acceptors (Lipinski definition) is 2. The van der Waals surface area contributed by atoms with E-state index in [-0.39, 0.29) is 0 Å². The van der Waals surface area contributed by atoms with Gasteiger partial charge in [-0.1, -0.05) is 18.5 Å². The summed E-state index contributed by atoms with van der Waals surface area (Å²) in [6, 6.07) is 0.662. The molecule has 0 amide bonds. The van der Waals surface area contributed by atoms with Crippen molar-refractivity contribution in [2.24, 2.45) is 0 Å². The second-order valence-corrected chi connectivity index (χ2v) is 4.48. The first-order valence-corrected chi connectivity index (χ1v) is 6.12.